The first-order valence-electron chi connectivity index (χ1n) is 5.51. The number of phenols is 1. The number of ether oxygens (including phenoxy) is 1. The predicted octanol–water partition coefficient (Wildman–Crippen LogP) is 1.65. The lowest BCUT2D eigenvalue weighted by molar-refractivity contribution is 0.0950. The number of H-pyrrole nitrogens is 1. The van der Waals surface area contributed by atoms with Gasteiger partial charge in [0.15, 0.2) is 11.5 Å². The molecule has 0 radical (unpaired) electrons. The van der Waals surface area contributed by atoms with Crippen LogP contribution in [0, 0.1) is 0 Å². The first-order chi connectivity index (χ1) is 9.61. The fraction of sp³-hybridized carbons (Fsp3) is 0.0833. The van der Waals surface area contributed by atoms with Crippen LogP contribution in [0.15, 0.2) is 34.0 Å². The number of aromatic nitrogens is 2. The Morgan fingerprint density at radius 2 is 2.40 bits per heavy atom. The van der Waals surface area contributed by atoms with Crippen molar-refractivity contribution in [2.45, 2.75) is 0 Å². The largest absolute Gasteiger partial charge is 0.503 e. The van der Waals surface area contributed by atoms with Crippen LogP contribution >= 0.6 is 15.9 Å². The Bertz CT molecular complexity index is 640. The van der Waals surface area contributed by atoms with Gasteiger partial charge in [-0.3, -0.25) is 9.89 Å². The van der Waals surface area contributed by atoms with Gasteiger partial charge in [0.25, 0.3) is 5.91 Å². The summed E-state index contributed by atoms with van der Waals surface area (Å²) < 4.78 is 5.48. The highest BCUT2D eigenvalue weighted by Gasteiger charge is 2.08. The van der Waals surface area contributed by atoms with Crippen molar-refractivity contribution in [2.75, 3.05) is 7.11 Å². The number of phenolic OH excluding ortho intramolecular Hbond substituents is 1. The van der Waals surface area contributed by atoms with Gasteiger partial charge in [0, 0.05) is 6.20 Å². The summed E-state index contributed by atoms with van der Waals surface area (Å²) in [7, 11) is 1.45. The molecule has 8 heteroatoms. The van der Waals surface area contributed by atoms with Crippen LogP contribution in [0.2, 0.25) is 0 Å². The first kappa shape index (κ1) is 14.1. The number of hydrogen-bond acceptors (Lipinski definition) is 5. The second-order valence-electron chi connectivity index (χ2n) is 3.72. The third-order valence-corrected chi connectivity index (χ3v) is 3.00. The molecule has 1 aromatic carbocycles. The van der Waals surface area contributed by atoms with E-state index in [1.54, 1.807) is 12.1 Å². The molecule has 0 aliphatic carbocycles. The normalized spacial score (nSPS) is 10.7. The van der Waals surface area contributed by atoms with Crippen molar-refractivity contribution < 1.29 is 14.6 Å². The van der Waals surface area contributed by atoms with E-state index in [1.807, 2.05) is 0 Å². The summed E-state index contributed by atoms with van der Waals surface area (Å²) in [6.45, 7) is 0. The van der Waals surface area contributed by atoms with E-state index in [0.29, 0.717) is 21.5 Å². The van der Waals surface area contributed by atoms with Crippen LogP contribution in [0.5, 0.6) is 11.5 Å². The monoisotopic (exact) mass is 338 g/mol. The number of hydrazone groups is 1. The number of nitrogens with zero attached hydrogens (tertiary/aromatic N) is 2. The van der Waals surface area contributed by atoms with Crippen LogP contribution in [-0.4, -0.2) is 34.5 Å². The molecular weight excluding hydrogens is 328 g/mol. The van der Waals surface area contributed by atoms with Crippen LogP contribution in [0.25, 0.3) is 0 Å². The van der Waals surface area contributed by atoms with E-state index in [0.717, 1.165) is 0 Å². The fourth-order valence-corrected chi connectivity index (χ4v) is 1.89. The molecule has 1 aromatic heterocycles. The van der Waals surface area contributed by atoms with E-state index in [2.05, 4.69) is 36.7 Å². The summed E-state index contributed by atoms with van der Waals surface area (Å²) in [5.74, 6) is -0.0876. The van der Waals surface area contributed by atoms with Gasteiger partial charge in [-0.15, -0.1) is 0 Å². The highest BCUT2D eigenvalue weighted by Crippen LogP contribution is 2.34. The van der Waals surface area contributed by atoms with Crippen LogP contribution < -0.4 is 10.2 Å². The molecule has 20 heavy (non-hydrogen) atoms. The van der Waals surface area contributed by atoms with Crippen molar-refractivity contribution in [2.24, 2.45) is 5.10 Å². The maximum absolute atomic E-state index is 11.6. The summed E-state index contributed by atoms with van der Waals surface area (Å²) in [5.41, 5.74) is 3.31. The number of hydrogen-bond donors (Lipinski definition) is 3. The lowest BCUT2D eigenvalue weighted by Crippen LogP contribution is -2.17. The molecular formula is C12H11BrN4O3. The average Bonchev–Trinajstić information content (AvgIpc) is 2.96. The van der Waals surface area contributed by atoms with E-state index in [9.17, 15) is 9.90 Å². The van der Waals surface area contributed by atoms with Crippen LogP contribution in [-0.2, 0) is 0 Å². The predicted molar refractivity (Wildman–Crippen MR) is 76.0 cm³/mol. The Hall–Kier alpha value is -2.35. The molecule has 0 bridgehead atoms. The number of halogens is 1. The molecule has 0 atom stereocenters. The lowest BCUT2D eigenvalue weighted by Gasteiger charge is -2.06. The van der Waals surface area contributed by atoms with Crippen LogP contribution in [0.4, 0.5) is 0 Å². The lowest BCUT2D eigenvalue weighted by atomic mass is 10.2. The Morgan fingerprint density at radius 1 is 1.60 bits per heavy atom. The Morgan fingerprint density at radius 3 is 3.05 bits per heavy atom. The van der Waals surface area contributed by atoms with E-state index in [-0.39, 0.29) is 5.75 Å². The smallest absolute Gasteiger partial charge is 0.289 e. The second-order valence-corrected chi connectivity index (χ2v) is 4.58. The van der Waals surface area contributed by atoms with Crippen LogP contribution in [0.3, 0.4) is 0 Å². The molecule has 0 unspecified atom stereocenters. The fourth-order valence-electron chi connectivity index (χ4n) is 1.43. The third kappa shape index (κ3) is 3.15. The molecule has 0 saturated carbocycles. The van der Waals surface area contributed by atoms with E-state index >= 15 is 0 Å². The minimum atomic E-state index is -0.399. The summed E-state index contributed by atoms with van der Waals surface area (Å²) in [5, 5.41) is 19.7. The molecule has 0 aliphatic heterocycles. The number of nitrogens with one attached hydrogen (secondary N) is 2. The Labute approximate surface area is 122 Å². The number of aromatic hydroxyl groups is 1. The Balaban J connectivity index is 2.08. The highest BCUT2D eigenvalue weighted by molar-refractivity contribution is 9.10. The molecule has 104 valence electrons. The van der Waals surface area contributed by atoms with Gasteiger partial charge >= 0.3 is 0 Å². The zero-order valence-corrected chi connectivity index (χ0v) is 12.0. The van der Waals surface area contributed by atoms with Gasteiger partial charge in [-0.2, -0.15) is 10.2 Å². The highest BCUT2D eigenvalue weighted by atomic mass is 79.9. The summed E-state index contributed by atoms with van der Waals surface area (Å²) in [4.78, 5) is 11.6. The van der Waals surface area contributed by atoms with Gasteiger partial charge in [-0.05, 0) is 39.7 Å². The maximum atomic E-state index is 11.6. The average molecular weight is 339 g/mol. The van der Waals surface area contributed by atoms with Crippen molar-refractivity contribution in [3.8, 4) is 11.5 Å². The van der Waals surface area contributed by atoms with Gasteiger partial charge in [0.2, 0.25) is 0 Å². The number of methoxy groups -OCH3 is 1. The molecule has 0 aliphatic rings. The zero-order valence-electron chi connectivity index (χ0n) is 10.4. The second kappa shape index (κ2) is 6.20. The molecule has 1 heterocycles. The molecule has 3 N–H and O–H groups in total. The van der Waals surface area contributed by atoms with E-state index in [1.165, 1.54) is 25.6 Å². The number of benzene rings is 1. The number of carbonyl (C=O) groups excluding carboxylic acids is 1. The van der Waals surface area contributed by atoms with Gasteiger partial charge in [-0.25, -0.2) is 5.43 Å². The van der Waals surface area contributed by atoms with Gasteiger partial charge < -0.3 is 9.84 Å². The summed E-state index contributed by atoms with van der Waals surface area (Å²) >= 11 is 3.20. The maximum Gasteiger partial charge on any atom is 0.289 e. The number of carbonyl (C=O) groups is 1. The molecule has 2 aromatic rings. The van der Waals surface area contributed by atoms with E-state index < -0.39 is 5.91 Å². The number of rotatable bonds is 4. The molecule has 0 saturated heterocycles. The molecule has 0 fully saturated rings. The van der Waals surface area contributed by atoms with Crippen molar-refractivity contribution >= 4 is 28.1 Å². The third-order valence-electron chi connectivity index (χ3n) is 2.40. The Kier molecular flexibility index (Phi) is 4.36. The minimum absolute atomic E-state index is 0.00569. The van der Waals surface area contributed by atoms with Crippen molar-refractivity contribution in [1.29, 1.82) is 0 Å². The quantitative estimate of drug-likeness (QED) is 0.583. The van der Waals surface area contributed by atoms with Crippen molar-refractivity contribution in [3.05, 3.63) is 40.1 Å². The minimum Gasteiger partial charge on any atom is -0.503 e. The molecule has 2 rings (SSSR count). The van der Waals surface area contributed by atoms with Gasteiger partial charge in [0.05, 0.1) is 17.8 Å². The van der Waals surface area contributed by atoms with Crippen molar-refractivity contribution in [1.82, 2.24) is 15.6 Å². The summed E-state index contributed by atoms with van der Waals surface area (Å²) in [6.07, 6.45) is 2.90. The SMILES string of the molecule is COc1cc(/C=N\NC(=O)c2ccn[nH]2)cc(Br)c1O. The van der Waals surface area contributed by atoms with Gasteiger partial charge in [-0.1, -0.05) is 0 Å². The molecule has 0 spiro atoms. The van der Waals surface area contributed by atoms with Crippen molar-refractivity contribution in [3.63, 3.8) is 0 Å². The standard InChI is InChI=1S/C12H11BrN4O3/c1-20-10-5-7(4-8(13)11(10)18)6-15-17-12(19)9-2-3-14-16-9/h2-6,18H,1H3,(H,14,16)(H,17,19)/b15-6-. The molecule has 7 nitrogen and oxygen atoms in total. The zero-order chi connectivity index (χ0) is 14.5. The molecule has 1 amide bonds. The topological polar surface area (TPSA) is 99.6 Å². The van der Waals surface area contributed by atoms with Gasteiger partial charge in [0.1, 0.15) is 5.69 Å². The summed E-state index contributed by atoms with van der Waals surface area (Å²) in [6, 6.07) is 4.76. The number of aromatic amines is 1. The first-order valence-corrected chi connectivity index (χ1v) is 6.30. The number of amides is 1. The van der Waals surface area contributed by atoms with E-state index in [4.69, 9.17) is 4.74 Å². The van der Waals surface area contributed by atoms with Crippen LogP contribution in [0.1, 0.15) is 16.1 Å².